The van der Waals surface area contributed by atoms with Crippen LogP contribution in [0.15, 0.2) is 55.0 Å². The number of amides is 1. The van der Waals surface area contributed by atoms with Gasteiger partial charge in [-0.2, -0.15) is 9.78 Å². The van der Waals surface area contributed by atoms with Crippen molar-refractivity contribution in [2.45, 2.75) is 6.42 Å². The zero-order chi connectivity index (χ0) is 16.5. The predicted octanol–water partition coefficient (Wildman–Crippen LogP) is 1.00. The number of carbonyl (C=O) groups excluding carboxylic acids is 1. The summed E-state index contributed by atoms with van der Waals surface area (Å²) < 4.78 is 3.37. The lowest BCUT2D eigenvalue weighted by molar-refractivity contribution is -0.117. The van der Waals surface area contributed by atoms with Crippen molar-refractivity contribution in [1.82, 2.24) is 29.4 Å². The maximum absolute atomic E-state index is 11.2. The zero-order valence-corrected chi connectivity index (χ0v) is 12.6. The minimum Gasteiger partial charge on any atom is -0.369 e. The largest absolute Gasteiger partial charge is 0.369 e. The topological polar surface area (TPSA) is 104 Å². The Morgan fingerprint density at radius 1 is 1.17 bits per heavy atom. The van der Waals surface area contributed by atoms with E-state index in [0.717, 1.165) is 11.1 Å². The van der Waals surface area contributed by atoms with Crippen LogP contribution in [0.25, 0.3) is 22.7 Å². The van der Waals surface area contributed by atoms with Crippen LogP contribution in [0.1, 0.15) is 5.82 Å². The summed E-state index contributed by atoms with van der Waals surface area (Å²) in [6, 6.07) is 11.2. The number of fused-ring (bicyclic) bond motifs is 1. The van der Waals surface area contributed by atoms with Gasteiger partial charge in [0.1, 0.15) is 0 Å². The molecule has 0 aromatic carbocycles. The van der Waals surface area contributed by atoms with Crippen molar-refractivity contribution in [3.05, 3.63) is 60.8 Å². The summed E-state index contributed by atoms with van der Waals surface area (Å²) in [6.45, 7) is 0. The van der Waals surface area contributed by atoms with Gasteiger partial charge < -0.3 is 5.73 Å². The van der Waals surface area contributed by atoms with Crippen LogP contribution in [0.3, 0.4) is 0 Å². The Morgan fingerprint density at radius 3 is 2.88 bits per heavy atom. The number of nitrogens with two attached hydrogens (primary N) is 1. The fourth-order valence-electron chi connectivity index (χ4n) is 2.47. The lowest BCUT2D eigenvalue weighted by atomic mass is 10.2. The lowest BCUT2D eigenvalue weighted by Crippen LogP contribution is -2.14. The number of pyridine rings is 2. The molecular formula is C16H13N7O. The molecule has 4 aromatic rings. The molecule has 118 valence electrons. The second kappa shape index (κ2) is 5.58. The highest BCUT2D eigenvalue weighted by atomic mass is 16.1. The monoisotopic (exact) mass is 319 g/mol. The van der Waals surface area contributed by atoms with Crippen LogP contribution in [-0.2, 0) is 11.2 Å². The third-order valence-electron chi connectivity index (χ3n) is 3.51. The molecule has 0 bridgehead atoms. The van der Waals surface area contributed by atoms with E-state index in [1.54, 1.807) is 21.6 Å². The summed E-state index contributed by atoms with van der Waals surface area (Å²) in [7, 11) is 0. The average Bonchev–Trinajstić information content (AvgIpc) is 3.21. The molecular weight excluding hydrogens is 306 g/mol. The number of hydrogen-bond donors (Lipinski definition) is 1. The molecule has 0 radical (unpaired) electrons. The van der Waals surface area contributed by atoms with Gasteiger partial charge in [0.2, 0.25) is 5.91 Å². The van der Waals surface area contributed by atoms with E-state index in [1.807, 2.05) is 42.6 Å². The van der Waals surface area contributed by atoms with Crippen LogP contribution in [0, 0.1) is 0 Å². The van der Waals surface area contributed by atoms with Gasteiger partial charge in [-0.1, -0.05) is 6.07 Å². The van der Waals surface area contributed by atoms with Gasteiger partial charge in [-0.15, -0.1) is 5.10 Å². The molecule has 4 heterocycles. The van der Waals surface area contributed by atoms with Gasteiger partial charge in [0, 0.05) is 24.2 Å². The highest BCUT2D eigenvalue weighted by Gasteiger charge is 2.16. The van der Waals surface area contributed by atoms with Crippen molar-refractivity contribution in [3.8, 4) is 17.2 Å². The SMILES string of the molecule is NC(=O)Cc1nc(-c2ccn3nccc3c2)n(-c2ccccn2)n1. The second-order valence-electron chi connectivity index (χ2n) is 5.21. The smallest absolute Gasteiger partial charge is 0.225 e. The molecule has 0 aliphatic carbocycles. The Labute approximate surface area is 136 Å². The fraction of sp³-hybridized carbons (Fsp3) is 0.0625. The molecule has 4 aromatic heterocycles. The van der Waals surface area contributed by atoms with Gasteiger partial charge in [0.15, 0.2) is 17.5 Å². The van der Waals surface area contributed by atoms with E-state index >= 15 is 0 Å². The summed E-state index contributed by atoms with van der Waals surface area (Å²) in [5.74, 6) is 1.08. The van der Waals surface area contributed by atoms with Crippen molar-refractivity contribution < 1.29 is 4.79 Å². The molecule has 8 nitrogen and oxygen atoms in total. The van der Waals surface area contributed by atoms with Crippen molar-refractivity contribution in [2.75, 3.05) is 0 Å². The minimum absolute atomic E-state index is 0.0260. The number of aromatic nitrogens is 6. The molecule has 0 saturated carbocycles. The van der Waals surface area contributed by atoms with E-state index in [4.69, 9.17) is 5.73 Å². The maximum Gasteiger partial charge on any atom is 0.225 e. The molecule has 0 aliphatic rings. The first-order valence-electron chi connectivity index (χ1n) is 7.30. The minimum atomic E-state index is -0.481. The van der Waals surface area contributed by atoms with E-state index in [0.29, 0.717) is 17.5 Å². The number of primary amides is 1. The van der Waals surface area contributed by atoms with Crippen LogP contribution < -0.4 is 5.73 Å². The van der Waals surface area contributed by atoms with E-state index in [2.05, 4.69) is 20.2 Å². The van der Waals surface area contributed by atoms with Gasteiger partial charge in [0.05, 0.1) is 11.9 Å². The number of carbonyl (C=O) groups is 1. The van der Waals surface area contributed by atoms with Crippen LogP contribution in [-0.4, -0.2) is 35.3 Å². The first-order chi connectivity index (χ1) is 11.7. The maximum atomic E-state index is 11.2. The molecule has 0 saturated heterocycles. The standard InChI is InChI=1S/C16H13N7O/c17-13(24)10-14-20-16(23(21-14)15-3-1-2-6-18-15)11-5-8-22-12(9-11)4-7-19-22/h1-9H,10H2,(H2,17,24). The highest BCUT2D eigenvalue weighted by molar-refractivity contribution is 5.76. The quantitative estimate of drug-likeness (QED) is 0.604. The zero-order valence-electron chi connectivity index (χ0n) is 12.6. The highest BCUT2D eigenvalue weighted by Crippen LogP contribution is 2.22. The molecule has 4 rings (SSSR count). The number of hydrogen-bond acceptors (Lipinski definition) is 5. The third kappa shape index (κ3) is 2.50. The van der Waals surface area contributed by atoms with Crippen LogP contribution in [0.5, 0.6) is 0 Å². The van der Waals surface area contributed by atoms with E-state index in [-0.39, 0.29) is 6.42 Å². The molecule has 8 heteroatoms. The van der Waals surface area contributed by atoms with Crippen LogP contribution in [0.2, 0.25) is 0 Å². The fourth-order valence-corrected chi connectivity index (χ4v) is 2.47. The number of rotatable bonds is 4. The van der Waals surface area contributed by atoms with E-state index in [1.165, 1.54) is 0 Å². The Morgan fingerprint density at radius 2 is 2.08 bits per heavy atom. The molecule has 0 spiro atoms. The average molecular weight is 319 g/mol. The summed E-state index contributed by atoms with van der Waals surface area (Å²) in [4.78, 5) is 20.0. The molecule has 2 N–H and O–H groups in total. The summed E-state index contributed by atoms with van der Waals surface area (Å²) in [5.41, 5.74) is 7.04. The first-order valence-corrected chi connectivity index (χ1v) is 7.30. The van der Waals surface area contributed by atoms with Gasteiger partial charge in [-0.3, -0.25) is 4.79 Å². The molecule has 0 atom stereocenters. The molecule has 0 aliphatic heterocycles. The summed E-state index contributed by atoms with van der Waals surface area (Å²) in [6.07, 6.45) is 5.22. The summed E-state index contributed by atoms with van der Waals surface area (Å²) in [5, 5.41) is 8.56. The van der Waals surface area contributed by atoms with Crippen molar-refractivity contribution in [3.63, 3.8) is 0 Å². The van der Waals surface area contributed by atoms with Crippen molar-refractivity contribution >= 4 is 11.4 Å². The van der Waals surface area contributed by atoms with Gasteiger partial charge in [-0.25, -0.2) is 14.5 Å². The normalized spacial score (nSPS) is 11.0. The Hall–Kier alpha value is -3.55. The molecule has 1 amide bonds. The Balaban J connectivity index is 1.88. The molecule has 0 fully saturated rings. The van der Waals surface area contributed by atoms with Crippen molar-refractivity contribution in [2.24, 2.45) is 5.73 Å². The summed E-state index contributed by atoms with van der Waals surface area (Å²) >= 11 is 0. The van der Waals surface area contributed by atoms with Crippen LogP contribution >= 0.6 is 0 Å². The molecule has 0 unspecified atom stereocenters. The van der Waals surface area contributed by atoms with E-state index < -0.39 is 5.91 Å². The number of nitrogens with zero attached hydrogens (tertiary/aromatic N) is 6. The Bertz CT molecular complexity index is 1020. The van der Waals surface area contributed by atoms with Gasteiger partial charge in [-0.05, 0) is 30.3 Å². The second-order valence-corrected chi connectivity index (χ2v) is 5.21. The molecule has 24 heavy (non-hydrogen) atoms. The predicted molar refractivity (Wildman–Crippen MR) is 86.2 cm³/mol. The van der Waals surface area contributed by atoms with Gasteiger partial charge >= 0.3 is 0 Å². The van der Waals surface area contributed by atoms with Gasteiger partial charge in [0.25, 0.3) is 0 Å². The Kier molecular flexibility index (Phi) is 3.27. The van der Waals surface area contributed by atoms with E-state index in [9.17, 15) is 4.79 Å². The first kappa shape index (κ1) is 14.1. The third-order valence-corrected chi connectivity index (χ3v) is 3.51. The van der Waals surface area contributed by atoms with Crippen molar-refractivity contribution in [1.29, 1.82) is 0 Å². The lowest BCUT2D eigenvalue weighted by Gasteiger charge is -2.05. The van der Waals surface area contributed by atoms with Crippen LogP contribution in [0.4, 0.5) is 0 Å².